The van der Waals surface area contributed by atoms with Crippen LogP contribution in [-0.4, -0.2) is 4.57 Å². The zero-order chi connectivity index (χ0) is 40.5. The van der Waals surface area contributed by atoms with E-state index in [1.165, 1.54) is 61.3 Å². The van der Waals surface area contributed by atoms with E-state index < -0.39 is 0 Å². The van der Waals surface area contributed by atoms with Crippen molar-refractivity contribution >= 4 is 17.1 Å². The molecule has 1 aliphatic heterocycles. The molecule has 1 aliphatic carbocycles. The predicted octanol–water partition coefficient (Wildman–Crippen LogP) is 14.6. The Kier molecular flexibility index (Phi) is 9.48. The highest BCUT2D eigenvalue weighted by Crippen LogP contribution is 2.47. The highest BCUT2D eigenvalue weighted by Gasteiger charge is 2.33. The number of hydrogen-bond acceptors (Lipinski definition) is 2. The lowest BCUT2D eigenvalue weighted by molar-refractivity contribution is 0.304. The summed E-state index contributed by atoms with van der Waals surface area (Å²) in [6, 6.07) is 76.7. The van der Waals surface area contributed by atoms with Gasteiger partial charge in [0.1, 0.15) is 12.4 Å². The summed E-state index contributed by atoms with van der Waals surface area (Å²) in [6.07, 6.45) is 5.03. The van der Waals surface area contributed by atoms with Crippen LogP contribution in [0.4, 0.5) is 11.4 Å². The lowest BCUT2D eigenvalue weighted by Crippen LogP contribution is -2.20. The van der Waals surface area contributed by atoms with Crippen LogP contribution < -0.4 is 9.64 Å². The van der Waals surface area contributed by atoms with Crippen molar-refractivity contribution in [1.82, 2.24) is 4.57 Å². The largest absolute Gasteiger partial charge is 0.489 e. The predicted molar refractivity (Wildman–Crippen MR) is 252 cm³/mol. The van der Waals surface area contributed by atoms with Gasteiger partial charge < -0.3 is 14.2 Å². The van der Waals surface area contributed by atoms with E-state index in [0.717, 1.165) is 52.6 Å². The summed E-state index contributed by atoms with van der Waals surface area (Å²) in [6.45, 7) is 0.434. The fourth-order valence-electron chi connectivity index (χ4n) is 9.35. The zero-order valence-corrected chi connectivity index (χ0v) is 33.9. The molecule has 3 heteroatoms. The van der Waals surface area contributed by atoms with Crippen LogP contribution in [0.1, 0.15) is 28.1 Å². The van der Waals surface area contributed by atoms with Gasteiger partial charge in [0.2, 0.25) is 0 Å². The smallest absolute Gasteiger partial charge is 0.123 e. The van der Waals surface area contributed by atoms with Crippen molar-refractivity contribution in [3.63, 3.8) is 0 Å². The Bertz CT molecular complexity index is 2920. The molecule has 11 rings (SSSR count). The van der Waals surface area contributed by atoms with Gasteiger partial charge in [-0.1, -0.05) is 176 Å². The molecule has 292 valence electrons. The van der Waals surface area contributed by atoms with Crippen molar-refractivity contribution in [1.29, 1.82) is 0 Å². The number of anilines is 2. The number of benzene rings is 8. The first-order valence-corrected chi connectivity index (χ1v) is 21.3. The number of hydrogen-bond donors (Lipinski definition) is 0. The Labute approximate surface area is 358 Å². The van der Waals surface area contributed by atoms with E-state index in [2.05, 4.69) is 228 Å². The Hall–Kier alpha value is -7.62. The van der Waals surface area contributed by atoms with Crippen molar-refractivity contribution in [3.8, 4) is 55.9 Å². The first kappa shape index (κ1) is 36.5. The summed E-state index contributed by atoms with van der Waals surface area (Å²) in [5, 5.41) is 0. The van der Waals surface area contributed by atoms with Gasteiger partial charge in [0.05, 0.1) is 11.4 Å². The molecule has 9 aromatic rings. The normalized spacial score (nSPS) is 12.9. The minimum absolute atomic E-state index is 0.434. The van der Waals surface area contributed by atoms with Gasteiger partial charge in [-0.05, 0) is 112 Å². The molecule has 1 aromatic heterocycles. The molecule has 0 N–H and O–H groups in total. The molecule has 0 saturated heterocycles. The minimum Gasteiger partial charge on any atom is -0.489 e. The van der Waals surface area contributed by atoms with Crippen LogP contribution in [0.5, 0.6) is 5.75 Å². The first-order valence-electron chi connectivity index (χ1n) is 21.3. The van der Waals surface area contributed by atoms with E-state index in [9.17, 15) is 0 Å². The highest BCUT2D eigenvalue weighted by molar-refractivity contribution is 5.93. The topological polar surface area (TPSA) is 17.4 Å². The summed E-state index contributed by atoms with van der Waals surface area (Å²) in [4.78, 5) is 2.47. The monoisotopic (exact) mass is 784 g/mol. The molecule has 3 nitrogen and oxygen atoms in total. The van der Waals surface area contributed by atoms with E-state index in [0.29, 0.717) is 13.0 Å². The van der Waals surface area contributed by atoms with Gasteiger partial charge in [-0.3, -0.25) is 0 Å². The summed E-state index contributed by atoms with van der Waals surface area (Å²) in [7, 11) is 0. The Morgan fingerprint density at radius 1 is 0.426 bits per heavy atom. The molecule has 2 heterocycles. The van der Waals surface area contributed by atoms with Crippen LogP contribution >= 0.6 is 0 Å². The lowest BCUT2D eigenvalue weighted by atomic mass is 9.87. The summed E-state index contributed by atoms with van der Waals surface area (Å²) in [5.41, 5.74) is 20.4. The Morgan fingerprint density at radius 2 is 0.902 bits per heavy atom. The highest BCUT2D eigenvalue weighted by atomic mass is 16.5. The van der Waals surface area contributed by atoms with Crippen LogP contribution in [0.2, 0.25) is 0 Å². The van der Waals surface area contributed by atoms with Crippen molar-refractivity contribution < 1.29 is 4.74 Å². The fourth-order valence-corrected chi connectivity index (χ4v) is 9.35. The molecule has 0 radical (unpaired) electrons. The maximum atomic E-state index is 6.95. The molecule has 0 amide bonds. The molecule has 8 aromatic carbocycles. The second-order valence-corrected chi connectivity index (χ2v) is 15.9. The van der Waals surface area contributed by atoms with Crippen LogP contribution in [0.15, 0.2) is 218 Å². The standard InChI is InChI=1S/C58H44N2O/c1-4-14-41(15-5-1)44-24-32-49(33-25-44)59(50-34-26-45(27-35-50)42-16-6-2-7-17-42)55-39-31-48-21-11-13-23-56(48)61-40-53-57-52-22-12-10-20-47(52)30-38-54(57)60(58(53)55)51-36-28-46(29-37-51)43-18-8-3-9-19-43/h1-29,32-37,39H,30-31,38,40H2. The second-order valence-electron chi connectivity index (χ2n) is 15.9. The third-order valence-electron chi connectivity index (χ3n) is 12.3. The van der Waals surface area contributed by atoms with Gasteiger partial charge >= 0.3 is 0 Å². The molecular formula is C58H44N2O. The minimum atomic E-state index is 0.434. The van der Waals surface area contributed by atoms with E-state index in [-0.39, 0.29) is 0 Å². The maximum Gasteiger partial charge on any atom is 0.123 e. The molecule has 61 heavy (non-hydrogen) atoms. The maximum absolute atomic E-state index is 6.95. The molecule has 0 atom stereocenters. The van der Waals surface area contributed by atoms with E-state index in [4.69, 9.17) is 4.74 Å². The van der Waals surface area contributed by atoms with Crippen LogP contribution in [0.25, 0.3) is 55.9 Å². The SMILES string of the molecule is C1=C(N(c2ccc(-c3ccccc3)cc2)c2ccc(-c3ccccc3)cc2)c2c(c3c(n2-c2ccc(-c4ccccc4)cc2)CCc2ccccc2-3)COc2ccccc2C1. The second kappa shape index (κ2) is 15.9. The zero-order valence-electron chi connectivity index (χ0n) is 33.9. The molecule has 0 fully saturated rings. The van der Waals surface area contributed by atoms with Gasteiger partial charge in [-0.25, -0.2) is 0 Å². The van der Waals surface area contributed by atoms with Gasteiger partial charge in [0.25, 0.3) is 0 Å². The molecule has 0 spiro atoms. The molecule has 2 aliphatic rings. The molecule has 0 unspecified atom stereocenters. The third kappa shape index (κ3) is 6.84. The van der Waals surface area contributed by atoms with Gasteiger partial charge in [0.15, 0.2) is 0 Å². The van der Waals surface area contributed by atoms with Crippen molar-refractivity contribution in [2.24, 2.45) is 0 Å². The average Bonchev–Trinajstić information content (AvgIpc) is 3.70. The number of fused-ring (bicyclic) bond motifs is 6. The number of allylic oxidation sites excluding steroid dienone is 1. The molecular weight excluding hydrogens is 741 g/mol. The third-order valence-corrected chi connectivity index (χ3v) is 12.3. The number of para-hydroxylation sites is 1. The average molecular weight is 785 g/mol. The Balaban J connectivity index is 1.17. The molecule has 0 saturated carbocycles. The number of aryl methyl sites for hydroxylation is 1. The lowest BCUT2D eigenvalue weighted by Gasteiger charge is -2.30. The van der Waals surface area contributed by atoms with Crippen molar-refractivity contribution in [2.45, 2.75) is 25.9 Å². The number of aromatic nitrogens is 1. The van der Waals surface area contributed by atoms with Gasteiger partial charge in [0, 0.05) is 33.9 Å². The first-order chi connectivity index (χ1) is 30.3. The summed E-state index contributed by atoms with van der Waals surface area (Å²) < 4.78 is 9.51. The molecule has 0 bridgehead atoms. The van der Waals surface area contributed by atoms with Gasteiger partial charge in [-0.2, -0.15) is 0 Å². The van der Waals surface area contributed by atoms with Crippen LogP contribution in [0.3, 0.4) is 0 Å². The Morgan fingerprint density at radius 3 is 1.48 bits per heavy atom. The quantitative estimate of drug-likeness (QED) is 0.160. The fraction of sp³-hybridized carbons (Fsp3) is 0.0690. The van der Waals surface area contributed by atoms with E-state index in [1.807, 2.05) is 0 Å². The number of nitrogens with zero attached hydrogens (tertiary/aromatic N) is 2. The van der Waals surface area contributed by atoms with Crippen molar-refractivity contribution in [2.75, 3.05) is 4.90 Å². The van der Waals surface area contributed by atoms with E-state index in [1.54, 1.807) is 0 Å². The summed E-state index contributed by atoms with van der Waals surface area (Å²) in [5.74, 6) is 0.926. The number of rotatable bonds is 7. The van der Waals surface area contributed by atoms with Crippen LogP contribution in [0, 0.1) is 0 Å². The summed E-state index contributed by atoms with van der Waals surface area (Å²) >= 11 is 0. The van der Waals surface area contributed by atoms with Gasteiger partial charge in [-0.15, -0.1) is 0 Å². The van der Waals surface area contributed by atoms with Crippen LogP contribution in [-0.2, 0) is 25.9 Å². The number of ether oxygens (including phenoxy) is 1. The van der Waals surface area contributed by atoms with Crippen molar-refractivity contribution in [3.05, 3.63) is 246 Å². The van der Waals surface area contributed by atoms with E-state index >= 15 is 0 Å².